The first-order valence-corrected chi connectivity index (χ1v) is 7.68. The van der Waals surface area contributed by atoms with Crippen molar-refractivity contribution in [2.24, 2.45) is 0 Å². The van der Waals surface area contributed by atoms with E-state index < -0.39 is 0 Å². The number of nitrogens with zero attached hydrogens (tertiary/aromatic N) is 2. The number of amides is 1. The molecule has 4 heteroatoms. The van der Waals surface area contributed by atoms with Gasteiger partial charge in [0.2, 0.25) is 0 Å². The Labute approximate surface area is 128 Å². The molecule has 0 unspecified atom stereocenters. The van der Waals surface area contributed by atoms with Gasteiger partial charge in [-0.2, -0.15) is 5.10 Å². The van der Waals surface area contributed by atoms with Crippen molar-refractivity contribution in [2.45, 2.75) is 25.7 Å². The van der Waals surface area contributed by atoms with Crippen LogP contribution in [0.3, 0.4) is 0 Å². The van der Waals surface area contributed by atoms with Gasteiger partial charge in [0.25, 0.3) is 5.91 Å². The Balaban J connectivity index is 1.64. The van der Waals surface area contributed by atoms with Gasteiger partial charge in [0.15, 0.2) is 5.69 Å². The first-order chi connectivity index (χ1) is 10.8. The Kier molecular flexibility index (Phi) is 3.15. The number of benzene rings is 1. The fourth-order valence-electron chi connectivity index (χ4n) is 3.13. The number of pyridine rings is 1. The van der Waals surface area contributed by atoms with E-state index in [1.165, 1.54) is 24.0 Å². The van der Waals surface area contributed by atoms with Crippen LogP contribution in [0.5, 0.6) is 0 Å². The van der Waals surface area contributed by atoms with Crippen molar-refractivity contribution in [3.05, 3.63) is 65.5 Å². The SMILES string of the molecule is O=C(Nc1cccc2c1CCCC2)c1cc2ccccn2n1. The van der Waals surface area contributed by atoms with Crippen LogP contribution in [0.25, 0.3) is 5.52 Å². The molecule has 0 saturated heterocycles. The molecule has 1 aliphatic rings. The summed E-state index contributed by atoms with van der Waals surface area (Å²) in [5, 5.41) is 7.36. The van der Waals surface area contributed by atoms with E-state index >= 15 is 0 Å². The van der Waals surface area contributed by atoms with Gasteiger partial charge in [0.05, 0.1) is 5.52 Å². The summed E-state index contributed by atoms with van der Waals surface area (Å²) in [5.41, 5.74) is 4.94. The highest BCUT2D eigenvalue weighted by atomic mass is 16.1. The molecular formula is C18H17N3O. The molecule has 0 saturated carbocycles. The van der Waals surface area contributed by atoms with Crippen molar-refractivity contribution < 1.29 is 4.79 Å². The molecule has 110 valence electrons. The monoisotopic (exact) mass is 291 g/mol. The molecule has 2 heterocycles. The third-order valence-electron chi connectivity index (χ3n) is 4.25. The predicted molar refractivity (Wildman–Crippen MR) is 86.2 cm³/mol. The fraction of sp³-hybridized carbons (Fsp3) is 0.222. The molecular weight excluding hydrogens is 274 g/mol. The standard InChI is InChI=1S/C18H17N3O/c22-18(17-12-14-8-3-4-11-21(14)20-17)19-16-10-5-7-13-6-1-2-9-15(13)16/h3-5,7-8,10-12H,1-2,6,9H2,(H,19,22). The van der Waals surface area contributed by atoms with Gasteiger partial charge < -0.3 is 5.32 Å². The van der Waals surface area contributed by atoms with Crippen molar-refractivity contribution in [1.29, 1.82) is 0 Å². The zero-order valence-corrected chi connectivity index (χ0v) is 12.2. The van der Waals surface area contributed by atoms with Crippen molar-refractivity contribution in [3.8, 4) is 0 Å². The minimum absolute atomic E-state index is 0.150. The lowest BCUT2D eigenvalue weighted by Gasteiger charge is -2.19. The van der Waals surface area contributed by atoms with E-state index in [-0.39, 0.29) is 5.91 Å². The molecule has 0 spiro atoms. The number of nitrogens with one attached hydrogen (secondary N) is 1. The second-order valence-corrected chi connectivity index (χ2v) is 5.70. The second kappa shape index (κ2) is 5.30. The van der Waals surface area contributed by atoms with Crippen molar-refractivity contribution in [3.63, 3.8) is 0 Å². The number of anilines is 1. The maximum atomic E-state index is 12.5. The van der Waals surface area contributed by atoms with Crippen LogP contribution < -0.4 is 5.32 Å². The van der Waals surface area contributed by atoms with Crippen LogP contribution in [0.1, 0.15) is 34.5 Å². The number of carbonyl (C=O) groups excluding carboxylic acids is 1. The zero-order valence-electron chi connectivity index (χ0n) is 12.2. The maximum Gasteiger partial charge on any atom is 0.276 e. The quantitative estimate of drug-likeness (QED) is 0.786. The minimum Gasteiger partial charge on any atom is -0.320 e. The highest BCUT2D eigenvalue weighted by Crippen LogP contribution is 2.28. The number of hydrogen-bond donors (Lipinski definition) is 1. The number of aryl methyl sites for hydroxylation is 1. The smallest absolute Gasteiger partial charge is 0.276 e. The average molecular weight is 291 g/mol. The van der Waals surface area contributed by atoms with E-state index in [1.807, 2.05) is 42.6 Å². The van der Waals surface area contributed by atoms with Crippen LogP contribution in [-0.2, 0) is 12.8 Å². The molecule has 1 aliphatic carbocycles. The average Bonchev–Trinajstić information content (AvgIpc) is 2.99. The molecule has 3 aromatic rings. The molecule has 22 heavy (non-hydrogen) atoms. The molecule has 0 bridgehead atoms. The molecule has 4 nitrogen and oxygen atoms in total. The van der Waals surface area contributed by atoms with Gasteiger partial charge >= 0.3 is 0 Å². The molecule has 2 aromatic heterocycles. The van der Waals surface area contributed by atoms with E-state index in [2.05, 4.69) is 16.5 Å². The van der Waals surface area contributed by atoms with Crippen LogP contribution >= 0.6 is 0 Å². The highest BCUT2D eigenvalue weighted by molar-refractivity contribution is 6.04. The van der Waals surface area contributed by atoms with Crippen LogP contribution in [0.2, 0.25) is 0 Å². The summed E-state index contributed by atoms with van der Waals surface area (Å²) in [7, 11) is 0. The summed E-state index contributed by atoms with van der Waals surface area (Å²) in [6, 6.07) is 13.7. The molecule has 1 amide bonds. The first kappa shape index (κ1) is 13.1. The second-order valence-electron chi connectivity index (χ2n) is 5.70. The zero-order chi connectivity index (χ0) is 14.9. The summed E-state index contributed by atoms with van der Waals surface area (Å²) in [6.07, 6.45) is 6.41. The summed E-state index contributed by atoms with van der Waals surface area (Å²) >= 11 is 0. The molecule has 0 atom stereocenters. The van der Waals surface area contributed by atoms with Crippen LogP contribution in [-0.4, -0.2) is 15.5 Å². The Hall–Kier alpha value is -2.62. The van der Waals surface area contributed by atoms with Gasteiger partial charge in [-0.1, -0.05) is 18.2 Å². The molecule has 0 aliphatic heterocycles. The first-order valence-electron chi connectivity index (χ1n) is 7.68. The third-order valence-corrected chi connectivity index (χ3v) is 4.25. The lowest BCUT2D eigenvalue weighted by molar-refractivity contribution is 0.102. The van der Waals surface area contributed by atoms with Gasteiger partial charge in [0.1, 0.15) is 0 Å². The van der Waals surface area contributed by atoms with Crippen LogP contribution in [0.15, 0.2) is 48.7 Å². The van der Waals surface area contributed by atoms with Crippen molar-refractivity contribution in [2.75, 3.05) is 5.32 Å². The number of carbonyl (C=O) groups is 1. The predicted octanol–water partition coefficient (Wildman–Crippen LogP) is 3.47. The van der Waals surface area contributed by atoms with E-state index in [0.29, 0.717) is 5.69 Å². The van der Waals surface area contributed by atoms with E-state index in [9.17, 15) is 4.79 Å². The fourth-order valence-corrected chi connectivity index (χ4v) is 3.13. The number of fused-ring (bicyclic) bond motifs is 2. The molecule has 1 aromatic carbocycles. The number of aromatic nitrogens is 2. The lowest BCUT2D eigenvalue weighted by atomic mass is 9.90. The summed E-state index contributed by atoms with van der Waals surface area (Å²) < 4.78 is 1.72. The minimum atomic E-state index is -0.150. The number of hydrogen-bond acceptors (Lipinski definition) is 2. The van der Waals surface area contributed by atoms with Gasteiger partial charge in [-0.05, 0) is 61.1 Å². The highest BCUT2D eigenvalue weighted by Gasteiger charge is 2.16. The number of rotatable bonds is 2. The molecule has 4 rings (SSSR count). The van der Waals surface area contributed by atoms with Gasteiger partial charge in [-0.15, -0.1) is 0 Å². The van der Waals surface area contributed by atoms with Gasteiger partial charge in [0, 0.05) is 11.9 Å². The Morgan fingerprint density at radius 2 is 2.00 bits per heavy atom. The summed E-state index contributed by atoms with van der Waals surface area (Å²) in [6.45, 7) is 0. The largest absolute Gasteiger partial charge is 0.320 e. The normalized spacial score (nSPS) is 13.8. The van der Waals surface area contributed by atoms with E-state index in [1.54, 1.807) is 4.52 Å². The van der Waals surface area contributed by atoms with Gasteiger partial charge in [-0.25, -0.2) is 4.52 Å². The molecule has 1 N–H and O–H groups in total. The van der Waals surface area contributed by atoms with Crippen molar-refractivity contribution in [1.82, 2.24) is 9.61 Å². The van der Waals surface area contributed by atoms with E-state index in [0.717, 1.165) is 24.0 Å². The van der Waals surface area contributed by atoms with Crippen molar-refractivity contribution >= 4 is 17.1 Å². The van der Waals surface area contributed by atoms with Crippen LogP contribution in [0.4, 0.5) is 5.69 Å². The lowest BCUT2D eigenvalue weighted by Crippen LogP contribution is -2.16. The third kappa shape index (κ3) is 2.26. The van der Waals surface area contributed by atoms with Gasteiger partial charge in [-0.3, -0.25) is 4.79 Å². The van der Waals surface area contributed by atoms with Crippen LogP contribution in [0, 0.1) is 0 Å². The Morgan fingerprint density at radius 3 is 2.91 bits per heavy atom. The molecule has 0 radical (unpaired) electrons. The topological polar surface area (TPSA) is 46.4 Å². The molecule has 0 fully saturated rings. The Morgan fingerprint density at radius 1 is 1.09 bits per heavy atom. The maximum absolute atomic E-state index is 12.5. The Bertz CT molecular complexity index is 817. The van der Waals surface area contributed by atoms with E-state index in [4.69, 9.17) is 0 Å². The summed E-state index contributed by atoms with van der Waals surface area (Å²) in [4.78, 5) is 12.5. The summed E-state index contributed by atoms with van der Waals surface area (Å²) in [5.74, 6) is -0.150.